The molecule has 5 nitrogen and oxygen atoms in total. The molecule has 0 bridgehead atoms. The molecule has 0 radical (unpaired) electrons. The van der Waals surface area contributed by atoms with Gasteiger partial charge in [0.25, 0.3) is 0 Å². The van der Waals surface area contributed by atoms with Gasteiger partial charge in [0.1, 0.15) is 0 Å². The van der Waals surface area contributed by atoms with Gasteiger partial charge in [-0.05, 0) is 31.0 Å². The Bertz CT molecular complexity index is 648. The first-order valence-electron chi connectivity index (χ1n) is 7.18. The zero-order valence-electron chi connectivity index (χ0n) is 12.7. The Morgan fingerprint density at radius 2 is 2.09 bits per heavy atom. The zero-order chi connectivity index (χ0) is 17.1. The summed E-state index contributed by atoms with van der Waals surface area (Å²) in [7, 11) is 0. The highest BCUT2D eigenvalue weighted by Crippen LogP contribution is 2.23. The van der Waals surface area contributed by atoms with Crippen LogP contribution in [0.3, 0.4) is 0 Å². The molecular weight excluding hydrogens is 306 g/mol. The molecule has 1 saturated heterocycles. The number of carbonyl (C=O) groups is 2. The number of hydrogen-bond donors (Lipinski definition) is 2. The fraction of sp³-hybridized carbons (Fsp3) is 0.375. The van der Waals surface area contributed by atoms with Crippen molar-refractivity contribution < 1.29 is 23.5 Å². The van der Waals surface area contributed by atoms with Crippen LogP contribution in [0.1, 0.15) is 24.9 Å². The molecule has 0 saturated carbocycles. The summed E-state index contributed by atoms with van der Waals surface area (Å²) in [6.07, 6.45) is 0.395. The minimum absolute atomic E-state index is 0.127. The van der Waals surface area contributed by atoms with Crippen LogP contribution < -0.4 is 5.32 Å². The van der Waals surface area contributed by atoms with E-state index in [2.05, 4.69) is 11.9 Å². The summed E-state index contributed by atoms with van der Waals surface area (Å²) >= 11 is 0. The Hall–Kier alpha value is -2.44. The van der Waals surface area contributed by atoms with E-state index in [9.17, 15) is 18.4 Å². The van der Waals surface area contributed by atoms with Crippen LogP contribution in [0.5, 0.6) is 0 Å². The molecule has 2 atom stereocenters. The number of likely N-dealkylation sites (tertiary alicyclic amines) is 1. The van der Waals surface area contributed by atoms with Gasteiger partial charge in [-0.3, -0.25) is 4.79 Å². The Labute approximate surface area is 132 Å². The Morgan fingerprint density at radius 1 is 1.39 bits per heavy atom. The highest BCUT2D eigenvalue weighted by atomic mass is 19.2. The van der Waals surface area contributed by atoms with E-state index in [1.165, 1.54) is 11.0 Å². The van der Waals surface area contributed by atoms with Gasteiger partial charge < -0.3 is 15.3 Å². The van der Waals surface area contributed by atoms with E-state index in [0.29, 0.717) is 24.1 Å². The molecule has 1 aromatic carbocycles. The molecule has 2 amide bonds. The SMILES string of the molecule is C=C(C)C(NC(=O)N1CCC(C(=O)O)C1)c1ccc(F)c(F)c1. The fourth-order valence-corrected chi connectivity index (χ4v) is 2.54. The van der Waals surface area contributed by atoms with Crippen molar-refractivity contribution in [1.29, 1.82) is 0 Å². The molecule has 2 rings (SSSR count). The normalized spacial score (nSPS) is 18.6. The maximum atomic E-state index is 13.4. The van der Waals surface area contributed by atoms with Crippen LogP contribution >= 0.6 is 0 Å². The molecule has 1 aliphatic heterocycles. The number of nitrogens with zero attached hydrogens (tertiary/aromatic N) is 1. The first-order chi connectivity index (χ1) is 10.8. The van der Waals surface area contributed by atoms with Gasteiger partial charge in [-0.2, -0.15) is 0 Å². The van der Waals surface area contributed by atoms with E-state index >= 15 is 0 Å². The number of hydrogen-bond acceptors (Lipinski definition) is 2. The van der Waals surface area contributed by atoms with Crippen molar-refractivity contribution in [2.75, 3.05) is 13.1 Å². The number of benzene rings is 1. The van der Waals surface area contributed by atoms with Gasteiger partial charge in [0, 0.05) is 13.1 Å². The van der Waals surface area contributed by atoms with E-state index in [1.54, 1.807) is 6.92 Å². The minimum Gasteiger partial charge on any atom is -0.481 e. The smallest absolute Gasteiger partial charge is 0.318 e. The molecule has 23 heavy (non-hydrogen) atoms. The summed E-state index contributed by atoms with van der Waals surface area (Å²) in [6, 6.07) is 2.25. The number of rotatable bonds is 4. The van der Waals surface area contributed by atoms with E-state index in [1.807, 2.05) is 0 Å². The number of urea groups is 1. The van der Waals surface area contributed by atoms with Gasteiger partial charge in [0.15, 0.2) is 11.6 Å². The molecule has 7 heteroatoms. The number of carboxylic acids is 1. The molecule has 0 aliphatic carbocycles. The van der Waals surface area contributed by atoms with Crippen LogP contribution in [-0.2, 0) is 4.79 Å². The van der Waals surface area contributed by atoms with Gasteiger partial charge >= 0.3 is 12.0 Å². The molecule has 1 fully saturated rings. The van der Waals surface area contributed by atoms with Crippen LogP contribution in [0.2, 0.25) is 0 Å². The predicted octanol–water partition coefficient (Wildman–Crippen LogP) is 2.70. The monoisotopic (exact) mass is 324 g/mol. The maximum absolute atomic E-state index is 13.4. The topological polar surface area (TPSA) is 69.6 Å². The van der Waals surface area contributed by atoms with Gasteiger partial charge in [-0.1, -0.05) is 18.2 Å². The Kier molecular flexibility index (Phi) is 4.98. The summed E-state index contributed by atoms with van der Waals surface area (Å²) in [4.78, 5) is 24.6. The number of amides is 2. The summed E-state index contributed by atoms with van der Waals surface area (Å²) < 4.78 is 26.4. The molecule has 124 valence electrons. The highest BCUT2D eigenvalue weighted by Gasteiger charge is 2.31. The third-order valence-electron chi connectivity index (χ3n) is 3.86. The average Bonchev–Trinajstić information content (AvgIpc) is 2.97. The van der Waals surface area contributed by atoms with Gasteiger partial charge in [0.05, 0.1) is 12.0 Å². The predicted molar refractivity (Wildman–Crippen MR) is 79.8 cm³/mol. The van der Waals surface area contributed by atoms with Crippen LogP contribution in [-0.4, -0.2) is 35.1 Å². The van der Waals surface area contributed by atoms with E-state index in [-0.39, 0.29) is 6.54 Å². The average molecular weight is 324 g/mol. The van der Waals surface area contributed by atoms with Crippen molar-refractivity contribution in [2.45, 2.75) is 19.4 Å². The van der Waals surface area contributed by atoms with Gasteiger partial charge in [0.2, 0.25) is 0 Å². The van der Waals surface area contributed by atoms with Crippen LogP contribution in [0.15, 0.2) is 30.4 Å². The molecule has 2 unspecified atom stereocenters. The lowest BCUT2D eigenvalue weighted by Crippen LogP contribution is -2.41. The van der Waals surface area contributed by atoms with Gasteiger partial charge in [-0.15, -0.1) is 0 Å². The number of aliphatic carboxylic acids is 1. The van der Waals surface area contributed by atoms with E-state index in [0.717, 1.165) is 12.1 Å². The van der Waals surface area contributed by atoms with Crippen molar-refractivity contribution in [3.63, 3.8) is 0 Å². The number of carboxylic acid groups (broad SMARTS) is 1. The van der Waals surface area contributed by atoms with Crippen molar-refractivity contribution in [3.05, 3.63) is 47.5 Å². The van der Waals surface area contributed by atoms with Crippen molar-refractivity contribution in [3.8, 4) is 0 Å². The van der Waals surface area contributed by atoms with E-state index < -0.39 is 35.6 Å². The summed E-state index contributed by atoms with van der Waals surface area (Å²) in [5.41, 5.74) is 0.928. The maximum Gasteiger partial charge on any atom is 0.318 e. The lowest BCUT2D eigenvalue weighted by Gasteiger charge is -2.24. The number of carbonyl (C=O) groups excluding carboxylic acids is 1. The van der Waals surface area contributed by atoms with Crippen LogP contribution in [0.25, 0.3) is 0 Å². The molecule has 1 aliphatic rings. The van der Waals surface area contributed by atoms with Crippen LogP contribution in [0, 0.1) is 17.6 Å². The Morgan fingerprint density at radius 3 is 2.61 bits per heavy atom. The molecule has 0 spiro atoms. The van der Waals surface area contributed by atoms with E-state index in [4.69, 9.17) is 5.11 Å². The lowest BCUT2D eigenvalue weighted by atomic mass is 10.0. The minimum atomic E-state index is -1.00. The molecule has 1 heterocycles. The number of halogens is 2. The standard InChI is InChI=1S/C16H18F2N2O3/c1-9(2)14(10-3-4-12(17)13(18)7-10)19-16(23)20-6-5-11(8-20)15(21)22/h3-4,7,11,14H,1,5-6,8H2,2H3,(H,19,23)(H,21,22). The van der Waals surface area contributed by atoms with Crippen molar-refractivity contribution in [2.24, 2.45) is 5.92 Å². The quantitative estimate of drug-likeness (QED) is 0.837. The molecular formula is C16H18F2N2O3. The van der Waals surface area contributed by atoms with Crippen LogP contribution in [0.4, 0.5) is 13.6 Å². The second-order valence-corrected chi connectivity index (χ2v) is 5.67. The van der Waals surface area contributed by atoms with Crippen molar-refractivity contribution in [1.82, 2.24) is 10.2 Å². The summed E-state index contributed by atoms with van der Waals surface area (Å²) in [6.45, 7) is 5.89. The summed E-state index contributed by atoms with van der Waals surface area (Å²) in [5, 5.41) is 11.7. The second-order valence-electron chi connectivity index (χ2n) is 5.67. The molecule has 2 N–H and O–H groups in total. The zero-order valence-corrected chi connectivity index (χ0v) is 12.7. The molecule has 0 aromatic heterocycles. The third-order valence-corrected chi connectivity index (χ3v) is 3.86. The Balaban J connectivity index is 2.11. The molecule has 1 aromatic rings. The fourth-order valence-electron chi connectivity index (χ4n) is 2.54. The number of nitrogens with one attached hydrogen (secondary N) is 1. The highest BCUT2D eigenvalue weighted by molar-refractivity contribution is 5.78. The third kappa shape index (κ3) is 3.85. The largest absolute Gasteiger partial charge is 0.481 e. The summed E-state index contributed by atoms with van der Waals surface area (Å²) in [5.74, 6) is -3.48. The first-order valence-corrected chi connectivity index (χ1v) is 7.18. The first kappa shape index (κ1) is 16.9. The lowest BCUT2D eigenvalue weighted by molar-refractivity contribution is -0.141. The van der Waals surface area contributed by atoms with Gasteiger partial charge in [-0.25, -0.2) is 13.6 Å². The second kappa shape index (κ2) is 6.76. The van der Waals surface area contributed by atoms with Crippen molar-refractivity contribution >= 4 is 12.0 Å².